The Bertz CT molecular complexity index is 565. The first-order chi connectivity index (χ1) is 9.93. The fraction of sp³-hybridized carbons (Fsp3) is 0.429. The van der Waals surface area contributed by atoms with Crippen LogP contribution in [0.3, 0.4) is 0 Å². The third kappa shape index (κ3) is 3.12. The van der Waals surface area contributed by atoms with Gasteiger partial charge in [-0.05, 0) is 31.0 Å². The van der Waals surface area contributed by atoms with E-state index in [9.17, 15) is 18.4 Å². The average molecular weight is 298 g/mol. The van der Waals surface area contributed by atoms with Crippen molar-refractivity contribution < 1.29 is 23.1 Å². The Morgan fingerprint density at radius 2 is 2.19 bits per heavy atom. The van der Waals surface area contributed by atoms with Crippen LogP contribution in [0.4, 0.5) is 18.4 Å². The van der Waals surface area contributed by atoms with Crippen molar-refractivity contribution in [1.82, 2.24) is 10.2 Å². The number of imide groups is 1. The molecular formula is C14H16F2N2O3. The first kappa shape index (κ1) is 15.2. The second kappa shape index (κ2) is 6.07. The Morgan fingerprint density at radius 3 is 2.81 bits per heavy atom. The molecule has 0 aliphatic carbocycles. The lowest BCUT2D eigenvalue weighted by molar-refractivity contribution is 0.157. The van der Waals surface area contributed by atoms with Crippen LogP contribution in [0.2, 0.25) is 0 Å². The van der Waals surface area contributed by atoms with E-state index >= 15 is 0 Å². The summed E-state index contributed by atoms with van der Waals surface area (Å²) in [6, 6.07) is 1.76. The summed E-state index contributed by atoms with van der Waals surface area (Å²) >= 11 is 0. The van der Waals surface area contributed by atoms with Gasteiger partial charge in [0.1, 0.15) is 12.6 Å². The molecule has 2 atom stereocenters. The predicted octanol–water partition coefficient (Wildman–Crippen LogP) is 2.97. The van der Waals surface area contributed by atoms with Gasteiger partial charge in [0.25, 0.3) is 0 Å². The Morgan fingerprint density at radius 1 is 1.48 bits per heavy atom. The third-order valence-electron chi connectivity index (χ3n) is 3.40. The lowest BCUT2D eigenvalue weighted by Crippen LogP contribution is -2.45. The van der Waals surface area contributed by atoms with Crippen molar-refractivity contribution in [3.63, 3.8) is 0 Å². The number of hydrogen-bond donors (Lipinski definition) is 1. The zero-order valence-electron chi connectivity index (χ0n) is 11.7. The van der Waals surface area contributed by atoms with Crippen LogP contribution in [0.1, 0.15) is 31.9 Å². The van der Waals surface area contributed by atoms with E-state index in [4.69, 9.17) is 4.74 Å². The number of nitrogens with one attached hydrogen (secondary N) is 1. The minimum atomic E-state index is -1.03. The van der Waals surface area contributed by atoms with Crippen molar-refractivity contribution in [2.45, 2.75) is 32.4 Å². The van der Waals surface area contributed by atoms with E-state index in [0.29, 0.717) is 12.0 Å². The number of amides is 3. The third-order valence-corrected chi connectivity index (χ3v) is 3.40. The van der Waals surface area contributed by atoms with E-state index in [0.717, 1.165) is 17.0 Å². The quantitative estimate of drug-likeness (QED) is 0.933. The molecule has 0 aromatic heterocycles. The van der Waals surface area contributed by atoms with E-state index in [1.807, 2.05) is 6.92 Å². The van der Waals surface area contributed by atoms with Crippen molar-refractivity contribution in [2.75, 3.05) is 6.61 Å². The molecule has 1 aromatic carbocycles. The second-order valence-electron chi connectivity index (χ2n) is 4.90. The van der Waals surface area contributed by atoms with Crippen molar-refractivity contribution >= 4 is 12.1 Å². The average Bonchev–Trinajstić information content (AvgIpc) is 2.83. The molecule has 0 radical (unpaired) electrons. The molecule has 2 rings (SSSR count). The summed E-state index contributed by atoms with van der Waals surface area (Å²) < 4.78 is 31.1. The summed E-state index contributed by atoms with van der Waals surface area (Å²) in [6.45, 7) is 3.60. The van der Waals surface area contributed by atoms with Crippen LogP contribution in [-0.2, 0) is 4.74 Å². The first-order valence-corrected chi connectivity index (χ1v) is 6.65. The van der Waals surface area contributed by atoms with Crippen molar-refractivity contribution in [2.24, 2.45) is 0 Å². The molecule has 0 bridgehead atoms. The molecule has 0 saturated carbocycles. The largest absolute Gasteiger partial charge is 0.446 e. The molecule has 5 nitrogen and oxygen atoms in total. The number of benzene rings is 1. The molecule has 1 aliphatic rings. The van der Waals surface area contributed by atoms with Crippen LogP contribution in [-0.4, -0.2) is 29.7 Å². The van der Waals surface area contributed by atoms with Crippen molar-refractivity contribution in [1.29, 1.82) is 0 Å². The zero-order valence-corrected chi connectivity index (χ0v) is 11.7. The molecule has 1 N–H and O–H groups in total. The monoisotopic (exact) mass is 298 g/mol. The molecule has 0 spiro atoms. The summed E-state index contributed by atoms with van der Waals surface area (Å²) in [5.41, 5.74) is 0.305. The minimum absolute atomic E-state index is 0.0855. The summed E-state index contributed by atoms with van der Waals surface area (Å²) in [5, 5.41) is 2.65. The molecule has 7 heteroatoms. The maximum absolute atomic E-state index is 13.3. The van der Waals surface area contributed by atoms with E-state index in [-0.39, 0.29) is 12.6 Å². The molecule has 114 valence electrons. The van der Waals surface area contributed by atoms with Gasteiger partial charge in [0.05, 0.1) is 0 Å². The van der Waals surface area contributed by atoms with Crippen LogP contribution in [0.25, 0.3) is 0 Å². The van der Waals surface area contributed by atoms with Gasteiger partial charge in [0.15, 0.2) is 11.6 Å². The van der Waals surface area contributed by atoms with Gasteiger partial charge in [-0.2, -0.15) is 0 Å². The minimum Gasteiger partial charge on any atom is -0.446 e. The van der Waals surface area contributed by atoms with Crippen molar-refractivity contribution in [3.8, 4) is 0 Å². The van der Waals surface area contributed by atoms with Gasteiger partial charge >= 0.3 is 12.1 Å². The van der Waals surface area contributed by atoms with Gasteiger partial charge < -0.3 is 10.1 Å². The highest BCUT2D eigenvalue weighted by Crippen LogP contribution is 2.28. The Hall–Kier alpha value is -2.18. The number of carbonyl (C=O) groups excluding carboxylic acids is 2. The Labute approximate surface area is 120 Å². The second-order valence-corrected chi connectivity index (χ2v) is 4.90. The maximum atomic E-state index is 13.3. The number of nitrogens with zero attached hydrogens (tertiary/aromatic N) is 1. The lowest BCUT2D eigenvalue weighted by atomic mass is 10.1. The number of cyclic esters (lactones) is 1. The van der Waals surface area contributed by atoms with E-state index in [2.05, 4.69) is 5.32 Å². The number of halogens is 2. The standard InChI is InChI=1S/C14H16F2N2O3/c1-3-8(2)17-13(19)18-12(7-21-14(18)20)9-4-5-10(15)11(16)6-9/h4-6,8,12H,3,7H2,1-2H3,(H,17,19)/t8?,12-/m1/s1. The zero-order chi connectivity index (χ0) is 15.6. The SMILES string of the molecule is CCC(C)NC(=O)N1C(=O)OC[C@@H]1c1ccc(F)c(F)c1. The summed E-state index contributed by atoms with van der Waals surface area (Å²) in [4.78, 5) is 24.7. The fourth-order valence-corrected chi connectivity index (χ4v) is 1.99. The van der Waals surface area contributed by atoms with Gasteiger partial charge in [0.2, 0.25) is 0 Å². The fourth-order valence-electron chi connectivity index (χ4n) is 1.99. The molecule has 1 saturated heterocycles. The van der Waals surface area contributed by atoms with Crippen molar-refractivity contribution in [3.05, 3.63) is 35.4 Å². The highest BCUT2D eigenvalue weighted by Gasteiger charge is 2.39. The molecule has 1 heterocycles. The number of ether oxygens (including phenoxy) is 1. The summed E-state index contributed by atoms with van der Waals surface area (Å²) in [7, 11) is 0. The van der Waals surface area contributed by atoms with E-state index in [1.54, 1.807) is 6.92 Å². The topological polar surface area (TPSA) is 58.6 Å². The molecule has 1 unspecified atom stereocenters. The molecule has 1 fully saturated rings. The van der Waals surface area contributed by atoms with Crippen LogP contribution >= 0.6 is 0 Å². The number of carbonyl (C=O) groups is 2. The van der Waals surface area contributed by atoms with Gasteiger partial charge in [-0.1, -0.05) is 13.0 Å². The molecule has 21 heavy (non-hydrogen) atoms. The molecule has 1 aromatic rings. The first-order valence-electron chi connectivity index (χ1n) is 6.65. The van der Waals surface area contributed by atoms with E-state index in [1.165, 1.54) is 6.07 Å². The van der Waals surface area contributed by atoms with Crippen LogP contribution in [0.15, 0.2) is 18.2 Å². The van der Waals surface area contributed by atoms with Gasteiger partial charge in [0, 0.05) is 6.04 Å². The van der Waals surface area contributed by atoms with Gasteiger partial charge in [-0.15, -0.1) is 0 Å². The Kier molecular flexibility index (Phi) is 4.40. The summed E-state index contributed by atoms with van der Waals surface area (Å²) in [5.74, 6) is -2.02. The van der Waals surface area contributed by atoms with Gasteiger partial charge in [-0.3, -0.25) is 0 Å². The smallest absolute Gasteiger partial charge is 0.418 e. The van der Waals surface area contributed by atoms with Crippen LogP contribution in [0, 0.1) is 11.6 Å². The number of urea groups is 1. The Balaban J connectivity index is 2.23. The normalized spacial score (nSPS) is 19.3. The maximum Gasteiger partial charge on any atom is 0.418 e. The highest BCUT2D eigenvalue weighted by molar-refractivity contribution is 5.92. The molecular weight excluding hydrogens is 282 g/mol. The van der Waals surface area contributed by atoms with Crippen LogP contribution < -0.4 is 5.32 Å². The number of hydrogen-bond acceptors (Lipinski definition) is 3. The highest BCUT2D eigenvalue weighted by atomic mass is 19.2. The van der Waals surface area contributed by atoms with Gasteiger partial charge in [-0.25, -0.2) is 23.3 Å². The molecule has 1 aliphatic heterocycles. The molecule has 3 amide bonds. The summed E-state index contributed by atoms with van der Waals surface area (Å²) in [6.07, 6.45) is -0.102. The lowest BCUT2D eigenvalue weighted by Gasteiger charge is -2.22. The van der Waals surface area contributed by atoms with Crippen LogP contribution in [0.5, 0.6) is 0 Å². The predicted molar refractivity (Wildman–Crippen MR) is 70.6 cm³/mol. The van der Waals surface area contributed by atoms with E-state index < -0.39 is 29.8 Å². The number of rotatable bonds is 3.